The highest BCUT2D eigenvalue weighted by atomic mass is 32.1. The summed E-state index contributed by atoms with van der Waals surface area (Å²) in [6.45, 7) is 9.99. The first-order valence-corrected chi connectivity index (χ1v) is 12.7. The Hall–Kier alpha value is -3.59. The van der Waals surface area contributed by atoms with Crippen molar-refractivity contribution in [3.63, 3.8) is 0 Å². The van der Waals surface area contributed by atoms with Gasteiger partial charge in [0.15, 0.2) is 5.76 Å². The van der Waals surface area contributed by atoms with Crippen LogP contribution in [0.4, 0.5) is 5.00 Å². The molecule has 36 heavy (non-hydrogen) atoms. The number of furan rings is 1. The molecule has 0 radical (unpaired) electrons. The van der Waals surface area contributed by atoms with Crippen molar-refractivity contribution in [1.82, 2.24) is 0 Å². The molecule has 3 rings (SSSR count). The van der Waals surface area contributed by atoms with Crippen molar-refractivity contribution >= 4 is 34.2 Å². The SMILES string of the molecule is CCCOC(=O)c1c(NC(=O)c2ccc(COc3ccc(C(C)C)cc3)o2)sc(C(=O)OCC)c1C. The second-order valence-corrected chi connectivity index (χ2v) is 9.37. The van der Waals surface area contributed by atoms with Crippen molar-refractivity contribution in [2.24, 2.45) is 0 Å². The summed E-state index contributed by atoms with van der Waals surface area (Å²) in [6.07, 6.45) is 0.639. The number of amides is 1. The second kappa shape index (κ2) is 12.4. The van der Waals surface area contributed by atoms with Gasteiger partial charge in [0.05, 0.1) is 18.8 Å². The van der Waals surface area contributed by atoms with Crippen LogP contribution in [-0.4, -0.2) is 31.1 Å². The number of carbonyl (C=O) groups excluding carboxylic acids is 3. The molecule has 0 aliphatic rings. The fourth-order valence-corrected chi connectivity index (χ4v) is 4.44. The average Bonchev–Trinajstić information content (AvgIpc) is 3.46. The minimum absolute atomic E-state index is 0.0420. The number of hydrogen-bond acceptors (Lipinski definition) is 8. The molecule has 0 saturated heterocycles. The Labute approximate surface area is 214 Å². The minimum Gasteiger partial charge on any atom is -0.486 e. The standard InChI is InChI=1S/C27H31NO7S/c1-6-14-33-26(30)22-17(5)23(27(31)32-7-2)36-25(22)28-24(29)21-13-12-20(35-21)15-34-19-10-8-18(9-11-19)16(3)4/h8-13,16H,6-7,14-15H2,1-5H3,(H,28,29). The molecule has 0 saturated carbocycles. The summed E-state index contributed by atoms with van der Waals surface area (Å²) in [5.74, 6) is -0.121. The second-order valence-electron chi connectivity index (χ2n) is 8.35. The topological polar surface area (TPSA) is 104 Å². The van der Waals surface area contributed by atoms with Gasteiger partial charge in [-0.05, 0) is 61.6 Å². The molecular formula is C27H31NO7S. The lowest BCUT2D eigenvalue weighted by Gasteiger charge is -2.08. The molecule has 0 fully saturated rings. The quantitative estimate of drug-likeness (QED) is 0.298. The zero-order valence-electron chi connectivity index (χ0n) is 21.1. The number of esters is 2. The molecule has 1 amide bonds. The van der Waals surface area contributed by atoms with Crippen molar-refractivity contribution in [3.05, 3.63) is 69.5 Å². The van der Waals surface area contributed by atoms with Gasteiger partial charge in [0.1, 0.15) is 28.0 Å². The maximum Gasteiger partial charge on any atom is 0.348 e. The highest BCUT2D eigenvalue weighted by molar-refractivity contribution is 7.18. The van der Waals surface area contributed by atoms with Gasteiger partial charge in [-0.2, -0.15) is 0 Å². The zero-order chi connectivity index (χ0) is 26.2. The molecule has 0 bridgehead atoms. The number of ether oxygens (including phenoxy) is 3. The lowest BCUT2D eigenvalue weighted by atomic mass is 10.0. The first kappa shape index (κ1) is 27.0. The first-order valence-electron chi connectivity index (χ1n) is 11.9. The molecule has 0 spiro atoms. The predicted molar refractivity (Wildman–Crippen MR) is 137 cm³/mol. The zero-order valence-corrected chi connectivity index (χ0v) is 22.0. The van der Waals surface area contributed by atoms with Gasteiger partial charge in [-0.15, -0.1) is 11.3 Å². The van der Waals surface area contributed by atoms with Crippen molar-refractivity contribution in [3.8, 4) is 5.75 Å². The van der Waals surface area contributed by atoms with Crippen molar-refractivity contribution in [2.75, 3.05) is 18.5 Å². The molecule has 1 aromatic carbocycles. The predicted octanol–water partition coefficient (Wildman–Crippen LogP) is 6.35. The van der Waals surface area contributed by atoms with E-state index in [1.54, 1.807) is 19.9 Å². The molecule has 0 unspecified atom stereocenters. The molecule has 2 heterocycles. The van der Waals surface area contributed by atoms with Gasteiger partial charge in [0, 0.05) is 0 Å². The molecule has 0 atom stereocenters. The van der Waals surface area contributed by atoms with E-state index in [-0.39, 0.29) is 41.0 Å². The Balaban J connectivity index is 1.73. The molecule has 0 aliphatic carbocycles. The highest BCUT2D eigenvalue weighted by Crippen LogP contribution is 2.35. The third-order valence-corrected chi connectivity index (χ3v) is 6.48. The van der Waals surface area contributed by atoms with E-state index in [0.717, 1.165) is 11.3 Å². The summed E-state index contributed by atoms with van der Waals surface area (Å²) in [6, 6.07) is 11.0. The van der Waals surface area contributed by atoms with E-state index in [1.165, 1.54) is 11.6 Å². The maximum absolute atomic E-state index is 12.9. The minimum atomic E-state index is -0.617. The number of hydrogen-bond donors (Lipinski definition) is 1. The monoisotopic (exact) mass is 513 g/mol. The van der Waals surface area contributed by atoms with E-state index in [0.29, 0.717) is 29.4 Å². The van der Waals surface area contributed by atoms with Crippen LogP contribution in [0.3, 0.4) is 0 Å². The summed E-state index contributed by atoms with van der Waals surface area (Å²) in [5, 5.41) is 2.88. The summed E-state index contributed by atoms with van der Waals surface area (Å²) in [7, 11) is 0. The average molecular weight is 514 g/mol. The van der Waals surface area contributed by atoms with Gasteiger partial charge in [-0.3, -0.25) is 4.79 Å². The van der Waals surface area contributed by atoms with Gasteiger partial charge in [-0.1, -0.05) is 32.9 Å². The van der Waals surface area contributed by atoms with Gasteiger partial charge in [0.25, 0.3) is 5.91 Å². The molecule has 8 nitrogen and oxygen atoms in total. The third-order valence-electron chi connectivity index (χ3n) is 5.29. The van der Waals surface area contributed by atoms with E-state index < -0.39 is 17.8 Å². The summed E-state index contributed by atoms with van der Waals surface area (Å²) >= 11 is 0.963. The van der Waals surface area contributed by atoms with Gasteiger partial charge < -0.3 is 23.9 Å². The smallest absolute Gasteiger partial charge is 0.348 e. The summed E-state index contributed by atoms with van der Waals surface area (Å²) in [4.78, 5) is 38.2. The Morgan fingerprint density at radius 2 is 1.72 bits per heavy atom. The van der Waals surface area contributed by atoms with E-state index >= 15 is 0 Å². The molecule has 0 aliphatic heterocycles. The number of thiophene rings is 1. The molecule has 192 valence electrons. The normalized spacial score (nSPS) is 10.8. The Morgan fingerprint density at radius 1 is 1.00 bits per heavy atom. The van der Waals surface area contributed by atoms with Crippen LogP contribution in [0, 0.1) is 6.92 Å². The van der Waals surface area contributed by atoms with Crippen LogP contribution in [0.25, 0.3) is 0 Å². The maximum atomic E-state index is 12.9. The van der Waals surface area contributed by atoms with Gasteiger partial charge in [0.2, 0.25) is 0 Å². The highest BCUT2D eigenvalue weighted by Gasteiger charge is 2.28. The molecular weight excluding hydrogens is 482 g/mol. The first-order chi connectivity index (χ1) is 17.2. The fraction of sp³-hybridized carbons (Fsp3) is 0.370. The van der Waals surface area contributed by atoms with Crippen molar-refractivity contribution < 1.29 is 33.0 Å². The van der Waals surface area contributed by atoms with E-state index in [1.807, 2.05) is 31.2 Å². The van der Waals surface area contributed by atoms with Crippen LogP contribution in [0.15, 0.2) is 40.8 Å². The molecule has 1 N–H and O–H groups in total. The van der Waals surface area contributed by atoms with Crippen molar-refractivity contribution in [1.29, 1.82) is 0 Å². The number of benzene rings is 1. The van der Waals surface area contributed by atoms with Crippen LogP contribution >= 0.6 is 11.3 Å². The number of nitrogens with one attached hydrogen (secondary N) is 1. The van der Waals surface area contributed by atoms with Crippen LogP contribution < -0.4 is 10.1 Å². The molecule has 2 aromatic heterocycles. The fourth-order valence-electron chi connectivity index (χ4n) is 3.35. The Bertz CT molecular complexity index is 1210. The van der Waals surface area contributed by atoms with Crippen LogP contribution in [0.5, 0.6) is 5.75 Å². The lowest BCUT2D eigenvalue weighted by molar-refractivity contribution is 0.0506. The molecule has 3 aromatic rings. The Morgan fingerprint density at radius 3 is 2.36 bits per heavy atom. The largest absolute Gasteiger partial charge is 0.486 e. The third kappa shape index (κ3) is 6.54. The van der Waals surface area contributed by atoms with E-state index in [9.17, 15) is 14.4 Å². The van der Waals surface area contributed by atoms with Crippen LogP contribution in [-0.2, 0) is 16.1 Å². The van der Waals surface area contributed by atoms with Crippen LogP contribution in [0.2, 0.25) is 0 Å². The molecule has 9 heteroatoms. The number of anilines is 1. The van der Waals surface area contributed by atoms with E-state index in [4.69, 9.17) is 18.6 Å². The summed E-state index contributed by atoms with van der Waals surface area (Å²) in [5.41, 5.74) is 1.74. The van der Waals surface area contributed by atoms with E-state index in [2.05, 4.69) is 19.2 Å². The number of rotatable bonds is 11. The van der Waals surface area contributed by atoms with Crippen molar-refractivity contribution in [2.45, 2.75) is 53.6 Å². The van der Waals surface area contributed by atoms with Gasteiger partial charge in [-0.25, -0.2) is 9.59 Å². The lowest BCUT2D eigenvalue weighted by Crippen LogP contribution is -2.14. The Kier molecular flexibility index (Phi) is 9.30. The van der Waals surface area contributed by atoms with Gasteiger partial charge >= 0.3 is 11.9 Å². The van der Waals surface area contributed by atoms with Crippen LogP contribution in [0.1, 0.15) is 87.5 Å². The summed E-state index contributed by atoms with van der Waals surface area (Å²) < 4.78 is 21.8. The number of carbonyl (C=O) groups is 3.